The van der Waals surface area contributed by atoms with E-state index in [1.807, 2.05) is 24.3 Å². The highest BCUT2D eigenvalue weighted by Gasteiger charge is 2.06. The monoisotopic (exact) mass is 324 g/mol. The Labute approximate surface area is 132 Å². The van der Waals surface area contributed by atoms with Gasteiger partial charge in [-0.2, -0.15) is 0 Å². The van der Waals surface area contributed by atoms with Crippen LogP contribution in [0.1, 0.15) is 16.7 Å². The molecule has 0 amide bonds. The van der Waals surface area contributed by atoms with Crippen molar-refractivity contribution in [2.24, 2.45) is 10.9 Å². The van der Waals surface area contributed by atoms with Crippen molar-refractivity contribution in [1.82, 2.24) is 0 Å². The second kappa shape index (κ2) is 7.31. The minimum Gasteiger partial charge on any atom is -0.409 e. The van der Waals surface area contributed by atoms with Crippen molar-refractivity contribution in [2.45, 2.75) is 13.2 Å². The number of hydrogen-bond acceptors (Lipinski definition) is 3. The molecule has 2 aromatic carbocycles. The van der Waals surface area contributed by atoms with Gasteiger partial charge in [0.05, 0.1) is 13.2 Å². The van der Waals surface area contributed by atoms with E-state index in [0.717, 1.165) is 11.1 Å². The Kier molecular flexibility index (Phi) is 5.44. The number of rotatable bonds is 5. The molecule has 0 unspecified atom stereocenters. The summed E-state index contributed by atoms with van der Waals surface area (Å²) in [5.74, 6) is 0.0143. The van der Waals surface area contributed by atoms with Crippen molar-refractivity contribution in [3.63, 3.8) is 0 Å². The van der Waals surface area contributed by atoms with Gasteiger partial charge in [-0.05, 0) is 23.3 Å². The zero-order chi connectivity index (χ0) is 15.2. The highest BCUT2D eigenvalue weighted by molar-refractivity contribution is 6.32. The summed E-state index contributed by atoms with van der Waals surface area (Å²) >= 11 is 12.2. The van der Waals surface area contributed by atoms with Crippen molar-refractivity contribution >= 4 is 29.0 Å². The van der Waals surface area contributed by atoms with Gasteiger partial charge in [0.2, 0.25) is 0 Å². The number of hydrogen-bond donors (Lipinski definition) is 2. The lowest BCUT2D eigenvalue weighted by Gasteiger charge is -2.09. The van der Waals surface area contributed by atoms with Crippen molar-refractivity contribution in [3.8, 4) is 0 Å². The van der Waals surface area contributed by atoms with E-state index in [2.05, 4.69) is 5.16 Å². The van der Waals surface area contributed by atoms with Crippen LogP contribution in [0, 0.1) is 0 Å². The van der Waals surface area contributed by atoms with Gasteiger partial charge in [-0.1, -0.05) is 58.7 Å². The second-order valence-electron chi connectivity index (χ2n) is 4.38. The molecule has 4 nitrogen and oxygen atoms in total. The fraction of sp³-hybridized carbons (Fsp3) is 0.133. The number of ether oxygens (including phenoxy) is 1. The smallest absolute Gasteiger partial charge is 0.170 e. The van der Waals surface area contributed by atoms with Crippen molar-refractivity contribution in [1.29, 1.82) is 0 Å². The molecule has 0 bridgehead atoms. The van der Waals surface area contributed by atoms with E-state index in [1.54, 1.807) is 18.2 Å². The lowest BCUT2D eigenvalue weighted by Crippen LogP contribution is -2.13. The molecule has 0 fully saturated rings. The van der Waals surface area contributed by atoms with Crippen LogP contribution in [0.15, 0.2) is 47.6 Å². The molecule has 0 heterocycles. The number of nitrogens with two attached hydrogens (primary N) is 1. The molecular weight excluding hydrogens is 311 g/mol. The molecule has 0 aliphatic carbocycles. The van der Waals surface area contributed by atoms with Gasteiger partial charge in [0.25, 0.3) is 0 Å². The van der Waals surface area contributed by atoms with Gasteiger partial charge in [-0.3, -0.25) is 0 Å². The van der Waals surface area contributed by atoms with E-state index in [-0.39, 0.29) is 5.84 Å². The summed E-state index contributed by atoms with van der Waals surface area (Å²) in [6, 6.07) is 12.6. The van der Waals surface area contributed by atoms with Crippen LogP contribution in [-0.2, 0) is 18.0 Å². The minimum absolute atomic E-state index is 0.0143. The predicted molar refractivity (Wildman–Crippen MR) is 83.9 cm³/mol. The molecule has 3 N–H and O–H groups in total. The summed E-state index contributed by atoms with van der Waals surface area (Å²) in [6.45, 7) is 0.749. The van der Waals surface area contributed by atoms with Gasteiger partial charge in [0, 0.05) is 15.6 Å². The molecule has 0 radical (unpaired) electrons. The molecule has 0 saturated carbocycles. The van der Waals surface area contributed by atoms with Crippen molar-refractivity contribution in [3.05, 3.63) is 69.2 Å². The first-order valence-electron chi connectivity index (χ1n) is 6.19. The van der Waals surface area contributed by atoms with Gasteiger partial charge >= 0.3 is 0 Å². The van der Waals surface area contributed by atoms with E-state index in [4.69, 9.17) is 38.9 Å². The van der Waals surface area contributed by atoms with E-state index in [0.29, 0.717) is 28.8 Å². The third kappa shape index (κ3) is 4.11. The van der Waals surface area contributed by atoms with Crippen LogP contribution in [-0.4, -0.2) is 11.0 Å². The summed E-state index contributed by atoms with van der Waals surface area (Å²) in [4.78, 5) is 0. The first-order valence-corrected chi connectivity index (χ1v) is 6.95. The SMILES string of the molecule is N/C(=N/O)c1ccc(COCc2ccccc2Cl)c(Cl)c1. The van der Waals surface area contributed by atoms with E-state index < -0.39 is 0 Å². The highest BCUT2D eigenvalue weighted by Crippen LogP contribution is 2.21. The molecule has 0 atom stereocenters. The average molecular weight is 325 g/mol. The number of oxime groups is 1. The van der Waals surface area contributed by atoms with Gasteiger partial charge in [0.1, 0.15) is 0 Å². The van der Waals surface area contributed by atoms with Crippen LogP contribution in [0.5, 0.6) is 0 Å². The summed E-state index contributed by atoms with van der Waals surface area (Å²) in [5, 5.41) is 12.7. The Hall–Kier alpha value is -1.75. The lowest BCUT2D eigenvalue weighted by atomic mass is 10.1. The Balaban J connectivity index is 1.99. The molecule has 110 valence electrons. The van der Waals surface area contributed by atoms with Crippen LogP contribution in [0.3, 0.4) is 0 Å². The molecule has 2 aromatic rings. The van der Waals surface area contributed by atoms with Gasteiger partial charge < -0.3 is 15.7 Å². The average Bonchev–Trinajstić information content (AvgIpc) is 2.50. The molecule has 0 aromatic heterocycles. The molecule has 0 aliphatic rings. The quantitative estimate of drug-likeness (QED) is 0.380. The predicted octanol–water partition coefficient (Wildman–Crippen LogP) is 3.80. The number of amidine groups is 1. The van der Waals surface area contributed by atoms with E-state index >= 15 is 0 Å². The first kappa shape index (κ1) is 15.6. The molecule has 0 saturated heterocycles. The third-order valence-electron chi connectivity index (χ3n) is 2.93. The Morgan fingerprint density at radius 3 is 2.33 bits per heavy atom. The lowest BCUT2D eigenvalue weighted by molar-refractivity contribution is 0.107. The zero-order valence-corrected chi connectivity index (χ0v) is 12.6. The standard InChI is InChI=1S/C15H14Cl2N2O2/c16-13-4-2-1-3-11(13)8-21-9-12-6-5-10(7-14(12)17)15(18)19-20/h1-7,20H,8-9H2,(H2,18,19). The third-order valence-corrected chi connectivity index (χ3v) is 3.65. The van der Waals surface area contributed by atoms with E-state index in [1.165, 1.54) is 0 Å². The van der Waals surface area contributed by atoms with Gasteiger partial charge in [-0.25, -0.2) is 0 Å². The highest BCUT2D eigenvalue weighted by atomic mass is 35.5. The number of benzene rings is 2. The van der Waals surface area contributed by atoms with Gasteiger partial charge in [0.15, 0.2) is 5.84 Å². The second-order valence-corrected chi connectivity index (χ2v) is 5.19. The number of nitrogens with zero attached hydrogens (tertiary/aromatic N) is 1. The normalized spacial score (nSPS) is 11.6. The minimum atomic E-state index is 0.0143. The van der Waals surface area contributed by atoms with Crippen LogP contribution in [0.4, 0.5) is 0 Å². The molecule has 0 aliphatic heterocycles. The van der Waals surface area contributed by atoms with Crippen molar-refractivity contribution < 1.29 is 9.94 Å². The maximum absolute atomic E-state index is 8.62. The Morgan fingerprint density at radius 2 is 1.71 bits per heavy atom. The maximum atomic E-state index is 8.62. The Bertz CT molecular complexity index is 660. The molecule has 6 heteroatoms. The molecule has 0 spiro atoms. The van der Waals surface area contributed by atoms with Crippen LogP contribution >= 0.6 is 23.2 Å². The summed E-state index contributed by atoms with van der Waals surface area (Å²) in [5.41, 5.74) is 7.79. The molecule has 21 heavy (non-hydrogen) atoms. The molecule has 2 rings (SSSR count). The summed E-state index contributed by atoms with van der Waals surface area (Å²) in [6.07, 6.45) is 0. The first-order chi connectivity index (χ1) is 10.1. The molecular formula is C15H14Cl2N2O2. The number of halogens is 2. The van der Waals surface area contributed by atoms with Crippen LogP contribution in [0.2, 0.25) is 10.0 Å². The Morgan fingerprint density at radius 1 is 1.05 bits per heavy atom. The summed E-state index contributed by atoms with van der Waals surface area (Å²) in [7, 11) is 0. The zero-order valence-electron chi connectivity index (χ0n) is 11.1. The van der Waals surface area contributed by atoms with E-state index in [9.17, 15) is 0 Å². The fourth-order valence-corrected chi connectivity index (χ4v) is 2.19. The summed E-state index contributed by atoms with van der Waals surface area (Å²) < 4.78 is 5.61. The maximum Gasteiger partial charge on any atom is 0.170 e. The van der Waals surface area contributed by atoms with Crippen molar-refractivity contribution in [2.75, 3.05) is 0 Å². The fourth-order valence-electron chi connectivity index (χ4n) is 1.77. The topological polar surface area (TPSA) is 67.8 Å². The van der Waals surface area contributed by atoms with Crippen LogP contribution < -0.4 is 5.73 Å². The van der Waals surface area contributed by atoms with Crippen LogP contribution in [0.25, 0.3) is 0 Å². The van der Waals surface area contributed by atoms with Gasteiger partial charge in [-0.15, -0.1) is 0 Å². The largest absolute Gasteiger partial charge is 0.409 e.